The summed E-state index contributed by atoms with van der Waals surface area (Å²) in [5, 5.41) is 3.40. The van der Waals surface area contributed by atoms with E-state index < -0.39 is 0 Å². The molecule has 1 aromatic carbocycles. The Morgan fingerprint density at radius 2 is 1.60 bits per heavy atom. The second-order valence-electron chi connectivity index (χ2n) is 10.5. The number of benzene rings is 1. The van der Waals surface area contributed by atoms with Crippen LogP contribution in [-0.2, 0) is 19.0 Å². The Morgan fingerprint density at radius 1 is 0.952 bits per heavy atom. The largest absolute Gasteiger partial charge is 0.379 e. The van der Waals surface area contributed by atoms with Gasteiger partial charge in [0, 0.05) is 67.9 Å². The third kappa shape index (κ3) is 10.6. The zero-order valence-electron chi connectivity index (χ0n) is 25.4. The van der Waals surface area contributed by atoms with Gasteiger partial charge >= 0.3 is 0 Å². The van der Waals surface area contributed by atoms with Gasteiger partial charge < -0.3 is 19.1 Å². The van der Waals surface area contributed by atoms with Crippen molar-refractivity contribution in [2.24, 2.45) is 11.0 Å². The van der Waals surface area contributed by atoms with E-state index in [1.165, 1.54) is 16.7 Å². The minimum atomic E-state index is 0.148. The van der Waals surface area contributed by atoms with E-state index in [1.807, 2.05) is 34.3 Å². The number of ether oxygens (including phenoxy) is 3. The molecule has 0 bridgehead atoms. The van der Waals surface area contributed by atoms with E-state index >= 15 is 0 Å². The quantitative estimate of drug-likeness (QED) is 0.0798. The summed E-state index contributed by atoms with van der Waals surface area (Å²) >= 11 is 0. The Kier molecular flexibility index (Phi) is 14.0. The van der Waals surface area contributed by atoms with Crippen LogP contribution in [0.1, 0.15) is 24.8 Å². The normalized spacial score (nSPS) is 15.8. The Balaban J connectivity index is 1.48. The van der Waals surface area contributed by atoms with Crippen molar-refractivity contribution in [2.75, 3.05) is 79.3 Å². The van der Waals surface area contributed by atoms with E-state index in [1.54, 1.807) is 0 Å². The van der Waals surface area contributed by atoms with Crippen molar-refractivity contribution in [1.82, 2.24) is 0 Å². The van der Waals surface area contributed by atoms with E-state index in [2.05, 4.69) is 80.2 Å². The molecule has 0 N–H and O–H groups in total. The summed E-state index contributed by atoms with van der Waals surface area (Å²) in [4.78, 5) is 17.6. The van der Waals surface area contributed by atoms with Gasteiger partial charge in [-0.3, -0.25) is 4.79 Å². The molecule has 9 heteroatoms. The van der Waals surface area contributed by atoms with Crippen LogP contribution in [0.15, 0.2) is 83.1 Å². The summed E-state index contributed by atoms with van der Waals surface area (Å²) in [5.41, 5.74) is 14.9. The average molecular weight is 575 g/mol. The predicted octanol–water partition coefficient (Wildman–Crippen LogP) is 5.56. The van der Waals surface area contributed by atoms with Gasteiger partial charge in [0.1, 0.15) is 14.1 Å². The lowest BCUT2D eigenvalue weighted by Gasteiger charge is -2.23. The zero-order chi connectivity index (χ0) is 30.2. The molecule has 9 nitrogen and oxygen atoms in total. The van der Waals surface area contributed by atoms with Crippen LogP contribution in [0.4, 0.5) is 5.69 Å². The molecule has 0 spiro atoms. The van der Waals surface area contributed by atoms with Gasteiger partial charge in [0.2, 0.25) is 0 Å². The smallest absolute Gasteiger partial charge is 0.199 e. The third-order valence-electron chi connectivity index (χ3n) is 7.02. The lowest BCUT2D eigenvalue weighted by molar-refractivity contribution is -0.462. The second-order valence-corrected chi connectivity index (χ2v) is 10.5. The fourth-order valence-corrected chi connectivity index (χ4v) is 4.69. The van der Waals surface area contributed by atoms with Gasteiger partial charge in [0.25, 0.3) is 0 Å². The molecule has 1 unspecified atom stereocenters. The molecule has 1 aromatic rings. The predicted molar refractivity (Wildman–Crippen MR) is 169 cm³/mol. The Labute approximate surface area is 249 Å². The highest BCUT2D eigenvalue weighted by molar-refractivity contribution is 6.03. The molecule has 0 fully saturated rings. The molecule has 42 heavy (non-hydrogen) atoms. The van der Waals surface area contributed by atoms with Crippen LogP contribution < -0.4 is 4.90 Å². The number of carbonyl (C=O) groups is 1. The molecule has 0 heterocycles. The van der Waals surface area contributed by atoms with Crippen molar-refractivity contribution in [3.63, 3.8) is 0 Å². The minimum absolute atomic E-state index is 0.148. The first-order chi connectivity index (χ1) is 20.4. The average Bonchev–Trinajstić information content (AvgIpc) is 3.00. The van der Waals surface area contributed by atoms with Gasteiger partial charge in [-0.05, 0) is 59.4 Å². The van der Waals surface area contributed by atoms with Crippen LogP contribution >= 0.6 is 0 Å². The maximum absolute atomic E-state index is 12.9. The van der Waals surface area contributed by atoms with E-state index in [0.717, 1.165) is 23.4 Å². The van der Waals surface area contributed by atoms with Crippen LogP contribution in [0.25, 0.3) is 16.0 Å². The summed E-state index contributed by atoms with van der Waals surface area (Å²) in [6.45, 7) is 3.08. The van der Waals surface area contributed by atoms with Crippen molar-refractivity contribution >= 4 is 22.8 Å². The molecule has 2 aliphatic carbocycles. The first kappa shape index (κ1) is 32.8. The molecule has 0 radical (unpaired) electrons. The molecule has 2 aliphatic rings. The number of hydrogen-bond acceptors (Lipinski definition) is 6. The third-order valence-corrected chi connectivity index (χ3v) is 7.02. The van der Waals surface area contributed by atoms with Gasteiger partial charge in [0.15, 0.2) is 11.5 Å². The van der Waals surface area contributed by atoms with E-state index in [0.29, 0.717) is 59.0 Å². The summed E-state index contributed by atoms with van der Waals surface area (Å²) in [6, 6.07) is 8.69. The van der Waals surface area contributed by atoms with Crippen LogP contribution in [0.5, 0.6) is 0 Å². The minimum Gasteiger partial charge on any atom is -0.379 e. The Hall–Kier alpha value is -3.75. The highest BCUT2D eigenvalue weighted by atomic mass is 16.5. The number of hydrogen-bond donors (Lipinski definition) is 0. The summed E-state index contributed by atoms with van der Waals surface area (Å²) in [5.74, 6) is 0.325. The Bertz CT molecular complexity index is 1260. The molecule has 0 amide bonds. The summed E-state index contributed by atoms with van der Waals surface area (Å²) in [6.07, 6.45) is 16.8. The number of ketones is 1. The monoisotopic (exact) mass is 574 g/mol. The van der Waals surface area contributed by atoms with Gasteiger partial charge in [0.05, 0.1) is 33.0 Å². The second kappa shape index (κ2) is 17.9. The van der Waals surface area contributed by atoms with Crippen molar-refractivity contribution in [2.45, 2.75) is 19.3 Å². The van der Waals surface area contributed by atoms with Crippen LogP contribution in [-0.4, -0.2) is 90.4 Å². The molecule has 224 valence electrons. The van der Waals surface area contributed by atoms with Crippen LogP contribution in [0.3, 0.4) is 0 Å². The molecular formula is C33H44N5O4+. The molecule has 1 atom stereocenters. The molecule has 0 aromatic heterocycles. The summed E-state index contributed by atoms with van der Waals surface area (Å²) < 4.78 is 18.4. The highest BCUT2D eigenvalue weighted by Crippen LogP contribution is 2.36. The van der Waals surface area contributed by atoms with Crippen LogP contribution in [0, 0.1) is 5.92 Å². The fourth-order valence-electron chi connectivity index (χ4n) is 4.69. The van der Waals surface area contributed by atoms with Gasteiger partial charge in [-0.25, -0.2) is 4.58 Å². The lowest BCUT2D eigenvalue weighted by atomic mass is 9.81. The van der Waals surface area contributed by atoms with E-state index in [-0.39, 0.29) is 11.7 Å². The van der Waals surface area contributed by atoms with E-state index in [4.69, 9.17) is 19.7 Å². The maximum atomic E-state index is 12.9. The van der Waals surface area contributed by atoms with Crippen molar-refractivity contribution < 1.29 is 23.6 Å². The molecular weight excluding hydrogens is 530 g/mol. The standard InChI is InChI=1S/C33H44N5O4/c1-37(2)30-15-11-28(12-16-30)33(29-13-17-31(18-14-29)38(3)4)27-9-7-26(8-10-27)32(39)6-5-20-40-22-24-42-25-23-41-21-19-35-36-34/h7-9,11-18,27H,5-6,10,19-25H2,1-4H3/q+1. The van der Waals surface area contributed by atoms with Crippen molar-refractivity contribution in [1.29, 1.82) is 0 Å². The molecule has 0 saturated heterocycles. The number of nitrogens with zero attached hydrogens (tertiary/aromatic N) is 5. The topological polar surface area (TPSA) is 99.8 Å². The number of Topliss-reactive ketones (excluding diaryl/α,β-unsaturated/α-hetero) is 1. The number of carbonyl (C=O) groups excluding carboxylic acids is 1. The zero-order valence-corrected chi connectivity index (χ0v) is 25.4. The molecule has 0 aliphatic heterocycles. The Morgan fingerprint density at radius 3 is 2.17 bits per heavy atom. The SMILES string of the molecule is CN(C)c1ccc(C(=C2C=CC(=[N+](C)C)C=C2)C2C=CC(C(=O)CCCOCCOCCOCCN=[N+]=[N-])=CC2)cc1. The van der Waals surface area contributed by atoms with Gasteiger partial charge in [-0.15, -0.1) is 0 Å². The molecule has 3 rings (SSSR count). The van der Waals surface area contributed by atoms with Crippen LogP contribution in [0.2, 0.25) is 0 Å². The van der Waals surface area contributed by atoms with Crippen molar-refractivity contribution in [3.05, 3.63) is 94.0 Å². The number of rotatable bonds is 17. The van der Waals surface area contributed by atoms with Gasteiger partial charge in [-0.2, -0.15) is 0 Å². The highest BCUT2D eigenvalue weighted by Gasteiger charge is 2.21. The first-order valence-electron chi connectivity index (χ1n) is 14.5. The van der Waals surface area contributed by atoms with E-state index in [9.17, 15) is 4.79 Å². The molecule has 0 saturated carbocycles. The number of allylic oxidation sites excluding steroid dienone is 10. The lowest BCUT2D eigenvalue weighted by Crippen LogP contribution is -2.13. The first-order valence-corrected chi connectivity index (χ1v) is 14.5. The maximum Gasteiger partial charge on any atom is 0.199 e. The van der Waals surface area contributed by atoms with Crippen molar-refractivity contribution in [3.8, 4) is 0 Å². The number of azide groups is 1. The fraction of sp³-hybridized carbons (Fsp3) is 0.455. The van der Waals surface area contributed by atoms with Gasteiger partial charge in [-0.1, -0.05) is 35.5 Å². The number of anilines is 1. The summed E-state index contributed by atoms with van der Waals surface area (Å²) in [7, 11) is 8.19.